The molecule has 1 unspecified atom stereocenters. The van der Waals surface area contributed by atoms with Crippen molar-refractivity contribution in [1.29, 1.82) is 0 Å². The normalized spacial score (nSPS) is 12.2. The molecule has 2 aromatic rings. The Morgan fingerprint density at radius 2 is 2.05 bits per heavy atom. The number of carbonyl (C=O) groups is 1. The Labute approximate surface area is 111 Å². The van der Waals surface area contributed by atoms with Crippen molar-refractivity contribution in [2.45, 2.75) is 13.0 Å². The number of benzene rings is 1. The van der Waals surface area contributed by atoms with Crippen LogP contribution in [0.25, 0.3) is 0 Å². The van der Waals surface area contributed by atoms with E-state index < -0.39 is 29.2 Å². The molecule has 0 aliphatic heterocycles. The van der Waals surface area contributed by atoms with Crippen molar-refractivity contribution in [3.63, 3.8) is 0 Å². The van der Waals surface area contributed by atoms with Crippen LogP contribution in [0.4, 0.5) is 13.9 Å². The lowest BCUT2D eigenvalue weighted by Gasteiger charge is -2.04. The summed E-state index contributed by atoms with van der Waals surface area (Å²) in [6.07, 6.45) is -0.771. The molecule has 0 aliphatic rings. The number of carbonyl (C=O) groups excluding carboxylic acids is 1. The highest BCUT2D eigenvalue weighted by Crippen LogP contribution is 2.21. The number of hydrogen-bond donors (Lipinski definition) is 2. The Kier molecular flexibility index (Phi) is 3.87. The Hall–Kier alpha value is -1.86. The van der Waals surface area contributed by atoms with Crippen LogP contribution < -0.4 is 5.32 Å². The number of thiazole rings is 1. The number of hydrogen-bond acceptors (Lipinski definition) is 4. The highest BCUT2D eigenvalue weighted by molar-refractivity contribution is 7.14. The van der Waals surface area contributed by atoms with Gasteiger partial charge in [0.2, 0.25) is 0 Å². The molecule has 0 radical (unpaired) electrons. The first-order valence-electron chi connectivity index (χ1n) is 5.38. The van der Waals surface area contributed by atoms with Gasteiger partial charge in [0.05, 0.1) is 11.8 Å². The van der Waals surface area contributed by atoms with Crippen LogP contribution in [-0.2, 0) is 0 Å². The summed E-state index contributed by atoms with van der Waals surface area (Å²) in [6, 6.07) is 3.18. The van der Waals surface area contributed by atoms with Gasteiger partial charge in [-0.2, -0.15) is 0 Å². The van der Waals surface area contributed by atoms with Gasteiger partial charge in [-0.25, -0.2) is 13.8 Å². The number of rotatable bonds is 3. The fraction of sp³-hybridized carbons (Fsp3) is 0.167. The molecule has 1 amide bonds. The van der Waals surface area contributed by atoms with E-state index in [4.69, 9.17) is 0 Å². The van der Waals surface area contributed by atoms with Crippen LogP contribution in [0, 0.1) is 11.6 Å². The zero-order valence-corrected chi connectivity index (χ0v) is 10.7. The standard InChI is InChI=1S/C12H10F2N2O2S/c1-6(17)9-5-19-12(15-9)16-11(18)10-7(13)3-2-4-8(10)14/h2-6,17H,1H3,(H,15,16,18). The van der Waals surface area contributed by atoms with Crippen molar-refractivity contribution < 1.29 is 18.7 Å². The van der Waals surface area contributed by atoms with Gasteiger partial charge in [0.1, 0.15) is 17.2 Å². The number of halogens is 2. The van der Waals surface area contributed by atoms with E-state index in [1.807, 2.05) is 0 Å². The lowest BCUT2D eigenvalue weighted by Crippen LogP contribution is -2.15. The highest BCUT2D eigenvalue weighted by Gasteiger charge is 2.18. The van der Waals surface area contributed by atoms with E-state index in [0.717, 1.165) is 23.5 Å². The molecule has 100 valence electrons. The van der Waals surface area contributed by atoms with Gasteiger partial charge < -0.3 is 5.11 Å². The summed E-state index contributed by atoms with van der Waals surface area (Å²) >= 11 is 1.06. The smallest absolute Gasteiger partial charge is 0.263 e. The average molecular weight is 284 g/mol. The molecular formula is C12H10F2N2O2S. The van der Waals surface area contributed by atoms with Gasteiger partial charge in [-0.3, -0.25) is 10.1 Å². The molecule has 19 heavy (non-hydrogen) atoms. The Bertz CT molecular complexity index is 593. The van der Waals surface area contributed by atoms with Gasteiger partial charge in [-0.05, 0) is 19.1 Å². The van der Waals surface area contributed by atoms with Crippen LogP contribution in [0.2, 0.25) is 0 Å². The first-order chi connectivity index (χ1) is 8.99. The Balaban J connectivity index is 2.21. The van der Waals surface area contributed by atoms with E-state index >= 15 is 0 Å². The third-order valence-corrected chi connectivity index (χ3v) is 3.14. The molecule has 0 saturated heterocycles. The molecule has 7 heteroatoms. The second-order valence-electron chi connectivity index (χ2n) is 3.80. The Morgan fingerprint density at radius 3 is 2.58 bits per heavy atom. The van der Waals surface area contributed by atoms with Crippen LogP contribution in [0.15, 0.2) is 23.6 Å². The molecular weight excluding hydrogens is 274 g/mol. The second kappa shape index (κ2) is 5.41. The fourth-order valence-corrected chi connectivity index (χ4v) is 2.20. The van der Waals surface area contributed by atoms with Gasteiger partial charge in [0.25, 0.3) is 5.91 Å². The maximum atomic E-state index is 13.4. The van der Waals surface area contributed by atoms with Gasteiger partial charge in [0, 0.05) is 5.38 Å². The van der Waals surface area contributed by atoms with Crippen LogP contribution in [0.5, 0.6) is 0 Å². The van der Waals surface area contributed by atoms with Crippen molar-refractivity contribution in [1.82, 2.24) is 4.98 Å². The van der Waals surface area contributed by atoms with Gasteiger partial charge in [-0.15, -0.1) is 11.3 Å². The quantitative estimate of drug-likeness (QED) is 0.911. The van der Waals surface area contributed by atoms with E-state index in [2.05, 4.69) is 10.3 Å². The third-order valence-electron chi connectivity index (χ3n) is 2.36. The molecule has 2 rings (SSSR count). The zero-order chi connectivity index (χ0) is 14.0. The fourth-order valence-electron chi connectivity index (χ4n) is 1.41. The van der Waals surface area contributed by atoms with Crippen molar-refractivity contribution in [3.8, 4) is 0 Å². The van der Waals surface area contributed by atoms with E-state index in [1.165, 1.54) is 13.0 Å². The summed E-state index contributed by atoms with van der Waals surface area (Å²) in [7, 11) is 0. The maximum Gasteiger partial charge on any atom is 0.263 e. The highest BCUT2D eigenvalue weighted by atomic mass is 32.1. The van der Waals surface area contributed by atoms with Crippen molar-refractivity contribution in [2.75, 3.05) is 5.32 Å². The molecule has 1 heterocycles. The molecule has 1 aromatic carbocycles. The van der Waals surface area contributed by atoms with Crippen LogP contribution in [0.1, 0.15) is 29.1 Å². The number of amides is 1. The predicted molar refractivity (Wildman–Crippen MR) is 67.1 cm³/mol. The van der Waals surface area contributed by atoms with E-state index in [0.29, 0.717) is 5.69 Å². The minimum Gasteiger partial charge on any atom is -0.387 e. The summed E-state index contributed by atoms with van der Waals surface area (Å²) in [5.74, 6) is -2.79. The molecule has 0 saturated carbocycles. The van der Waals surface area contributed by atoms with E-state index in [1.54, 1.807) is 5.38 Å². The number of nitrogens with one attached hydrogen (secondary N) is 1. The van der Waals surface area contributed by atoms with Crippen molar-refractivity contribution >= 4 is 22.4 Å². The molecule has 1 aromatic heterocycles. The minimum absolute atomic E-state index is 0.170. The summed E-state index contributed by atoms with van der Waals surface area (Å²) in [6.45, 7) is 1.52. The van der Waals surface area contributed by atoms with Gasteiger partial charge >= 0.3 is 0 Å². The summed E-state index contributed by atoms with van der Waals surface area (Å²) in [5, 5.41) is 13.3. The van der Waals surface area contributed by atoms with Crippen LogP contribution in [-0.4, -0.2) is 16.0 Å². The zero-order valence-electron chi connectivity index (χ0n) is 9.85. The number of aliphatic hydroxyl groups is 1. The lowest BCUT2D eigenvalue weighted by molar-refractivity contribution is 0.101. The average Bonchev–Trinajstić information content (AvgIpc) is 2.77. The molecule has 2 N–H and O–H groups in total. The molecule has 0 bridgehead atoms. The predicted octanol–water partition coefficient (Wildman–Crippen LogP) is 2.73. The van der Waals surface area contributed by atoms with E-state index in [9.17, 15) is 18.7 Å². The van der Waals surface area contributed by atoms with Crippen LogP contribution >= 0.6 is 11.3 Å². The maximum absolute atomic E-state index is 13.4. The molecule has 0 spiro atoms. The number of aliphatic hydroxyl groups excluding tert-OH is 1. The van der Waals surface area contributed by atoms with Crippen molar-refractivity contribution in [3.05, 3.63) is 46.5 Å². The van der Waals surface area contributed by atoms with Crippen LogP contribution in [0.3, 0.4) is 0 Å². The van der Waals surface area contributed by atoms with Gasteiger partial charge in [-0.1, -0.05) is 6.07 Å². The monoisotopic (exact) mass is 284 g/mol. The minimum atomic E-state index is -0.940. The number of anilines is 1. The molecule has 0 aliphatic carbocycles. The third kappa shape index (κ3) is 2.94. The summed E-state index contributed by atoms with van der Waals surface area (Å²) in [5.41, 5.74) is -0.273. The lowest BCUT2D eigenvalue weighted by atomic mass is 10.2. The molecule has 1 atom stereocenters. The first kappa shape index (κ1) is 13.6. The van der Waals surface area contributed by atoms with Crippen molar-refractivity contribution in [2.24, 2.45) is 0 Å². The largest absolute Gasteiger partial charge is 0.387 e. The second-order valence-corrected chi connectivity index (χ2v) is 4.66. The Morgan fingerprint density at radius 1 is 1.42 bits per heavy atom. The first-order valence-corrected chi connectivity index (χ1v) is 6.26. The number of nitrogens with zero attached hydrogens (tertiary/aromatic N) is 1. The summed E-state index contributed by atoms with van der Waals surface area (Å²) < 4.78 is 26.8. The summed E-state index contributed by atoms with van der Waals surface area (Å²) in [4.78, 5) is 15.7. The molecule has 4 nitrogen and oxygen atoms in total. The topological polar surface area (TPSA) is 62.2 Å². The van der Waals surface area contributed by atoms with E-state index in [-0.39, 0.29) is 5.13 Å². The van der Waals surface area contributed by atoms with Gasteiger partial charge in [0.15, 0.2) is 5.13 Å². The SMILES string of the molecule is CC(O)c1csc(NC(=O)c2c(F)cccc2F)n1. The number of aromatic nitrogens is 1. The molecule has 0 fully saturated rings.